The largest absolute Gasteiger partial charge is 0.341 e. The lowest BCUT2D eigenvalue weighted by atomic mass is 9.81. The Morgan fingerprint density at radius 2 is 1.85 bits per heavy atom. The van der Waals surface area contributed by atoms with Crippen LogP contribution in [0.25, 0.3) is 0 Å². The van der Waals surface area contributed by atoms with Crippen molar-refractivity contribution >= 4 is 11.8 Å². The molecule has 0 spiro atoms. The molecule has 2 aromatic rings. The van der Waals surface area contributed by atoms with Crippen molar-refractivity contribution in [3.8, 4) is 0 Å². The molecular formula is C22H26N2O3. The molecule has 0 saturated carbocycles. The highest BCUT2D eigenvalue weighted by Gasteiger charge is 2.44. The van der Waals surface area contributed by atoms with Gasteiger partial charge in [0.15, 0.2) is 0 Å². The van der Waals surface area contributed by atoms with Crippen molar-refractivity contribution < 1.29 is 14.8 Å². The predicted octanol–water partition coefficient (Wildman–Crippen LogP) is 2.85. The summed E-state index contributed by atoms with van der Waals surface area (Å²) in [5.74, 6) is -0.924. The van der Waals surface area contributed by atoms with Crippen molar-refractivity contribution in [2.75, 3.05) is 13.1 Å². The Balaban J connectivity index is 1.76. The second kappa shape index (κ2) is 7.92. The molecule has 0 aromatic heterocycles. The molecule has 2 amide bonds. The van der Waals surface area contributed by atoms with Crippen molar-refractivity contribution in [2.45, 2.75) is 32.1 Å². The molecule has 0 bridgehead atoms. The summed E-state index contributed by atoms with van der Waals surface area (Å²) in [6, 6.07) is 17.7. The molecule has 1 aliphatic heterocycles. The third-order valence-electron chi connectivity index (χ3n) is 5.58. The molecule has 0 radical (unpaired) electrons. The molecule has 2 N–H and O–H groups in total. The second-order valence-electron chi connectivity index (χ2n) is 7.56. The lowest BCUT2D eigenvalue weighted by Gasteiger charge is -2.26. The molecule has 1 saturated heterocycles. The smallest absolute Gasteiger partial charge is 0.248 e. The minimum atomic E-state index is -0.569. The number of hydroxylamine groups is 1. The summed E-state index contributed by atoms with van der Waals surface area (Å²) >= 11 is 0. The lowest BCUT2D eigenvalue weighted by molar-refractivity contribution is -0.137. The maximum Gasteiger partial charge on any atom is 0.248 e. The summed E-state index contributed by atoms with van der Waals surface area (Å²) in [5, 5.41) is 9.13. The van der Waals surface area contributed by atoms with E-state index >= 15 is 0 Å². The molecule has 2 aromatic carbocycles. The van der Waals surface area contributed by atoms with Crippen molar-refractivity contribution in [3.63, 3.8) is 0 Å². The third-order valence-corrected chi connectivity index (χ3v) is 5.58. The Kier molecular flexibility index (Phi) is 5.61. The predicted molar refractivity (Wildman–Crippen MR) is 103 cm³/mol. The second-order valence-corrected chi connectivity index (χ2v) is 7.56. The zero-order valence-electron chi connectivity index (χ0n) is 15.8. The Morgan fingerprint density at radius 3 is 2.48 bits per heavy atom. The number of nitrogens with one attached hydrogen (secondary N) is 1. The van der Waals surface area contributed by atoms with E-state index in [9.17, 15) is 9.59 Å². The Bertz CT molecular complexity index is 804. The Hall–Kier alpha value is -2.66. The Morgan fingerprint density at radius 1 is 1.19 bits per heavy atom. The minimum absolute atomic E-state index is 0.0372. The number of carbonyl (C=O) groups is 2. The summed E-state index contributed by atoms with van der Waals surface area (Å²) in [5.41, 5.74) is 4.35. The summed E-state index contributed by atoms with van der Waals surface area (Å²) < 4.78 is 0. The number of amides is 2. The van der Waals surface area contributed by atoms with Gasteiger partial charge in [0, 0.05) is 13.1 Å². The highest BCUT2D eigenvalue weighted by molar-refractivity contribution is 5.90. The topological polar surface area (TPSA) is 69.6 Å². The van der Waals surface area contributed by atoms with Gasteiger partial charge in [-0.25, -0.2) is 5.48 Å². The van der Waals surface area contributed by atoms with Crippen LogP contribution in [-0.2, 0) is 21.4 Å². The van der Waals surface area contributed by atoms with Gasteiger partial charge in [0.2, 0.25) is 11.8 Å². The molecule has 2 atom stereocenters. The number of hydrogen-bond donors (Lipinski definition) is 2. The van der Waals surface area contributed by atoms with Crippen LogP contribution >= 0.6 is 0 Å². The van der Waals surface area contributed by atoms with E-state index in [4.69, 9.17) is 5.21 Å². The molecule has 1 heterocycles. The first-order valence-corrected chi connectivity index (χ1v) is 9.28. The first kappa shape index (κ1) is 19.1. The standard InChI is InChI=1S/C22H26N2O3/c1-16-8-10-19(11-9-16)22(2)12-13-24(21(22)26)15-18(20(25)23-27)14-17-6-4-3-5-7-17/h3-11,18,27H,12-15H2,1-2H3,(H,23,25)/t18-,22?/m0/s1. The molecule has 0 aliphatic carbocycles. The SMILES string of the molecule is Cc1ccc(C2(C)CCN(C[C@H](Cc3ccccc3)C(=O)NO)C2=O)cc1. The van der Waals surface area contributed by atoms with Crippen molar-refractivity contribution in [2.24, 2.45) is 5.92 Å². The number of hydrogen-bond acceptors (Lipinski definition) is 3. The number of likely N-dealkylation sites (tertiary alicyclic amines) is 1. The van der Waals surface area contributed by atoms with Crippen LogP contribution < -0.4 is 5.48 Å². The van der Waals surface area contributed by atoms with Crippen molar-refractivity contribution in [3.05, 3.63) is 71.3 Å². The normalized spacial score (nSPS) is 20.6. The van der Waals surface area contributed by atoms with E-state index in [2.05, 4.69) is 0 Å². The fraction of sp³-hybridized carbons (Fsp3) is 0.364. The first-order chi connectivity index (χ1) is 12.9. The van der Waals surface area contributed by atoms with Gasteiger partial charge < -0.3 is 4.90 Å². The zero-order chi connectivity index (χ0) is 19.4. The summed E-state index contributed by atoms with van der Waals surface area (Å²) in [4.78, 5) is 27.1. The maximum absolute atomic E-state index is 13.1. The number of nitrogens with zero attached hydrogens (tertiary/aromatic N) is 1. The van der Waals surface area contributed by atoms with Crippen LogP contribution in [0.5, 0.6) is 0 Å². The van der Waals surface area contributed by atoms with Gasteiger partial charge in [-0.2, -0.15) is 0 Å². The van der Waals surface area contributed by atoms with E-state index in [1.54, 1.807) is 10.4 Å². The monoisotopic (exact) mass is 366 g/mol. The molecule has 142 valence electrons. The average molecular weight is 366 g/mol. The van der Waals surface area contributed by atoms with E-state index in [1.807, 2.05) is 68.4 Å². The van der Waals surface area contributed by atoms with Crippen molar-refractivity contribution in [1.82, 2.24) is 10.4 Å². The van der Waals surface area contributed by atoms with Gasteiger partial charge >= 0.3 is 0 Å². The van der Waals surface area contributed by atoms with E-state index in [1.165, 1.54) is 0 Å². The highest BCUT2D eigenvalue weighted by atomic mass is 16.5. The molecule has 3 rings (SSSR count). The van der Waals surface area contributed by atoms with Gasteiger partial charge in [-0.15, -0.1) is 0 Å². The van der Waals surface area contributed by atoms with E-state index in [0.29, 0.717) is 25.9 Å². The number of benzene rings is 2. The van der Waals surface area contributed by atoms with Gasteiger partial charge in [0.1, 0.15) is 0 Å². The molecule has 27 heavy (non-hydrogen) atoms. The number of aryl methyl sites for hydroxylation is 1. The molecule has 1 unspecified atom stereocenters. The molecular weight excluding hydrogens is 340 g/mol. The summed E-state index contributed by atoms with van der Waals surface area (Å²) in [6.07, 6.45) is 1.19. The first-order valence-electron chi connectivity index (χ1n) is 9.28. The van der Waals surface area contributed by atoms with Gasteiger partial charge in [-0.1, -0.05) is 60.2 Å². The van der Waals surface area contributed by atoms with Crippen LogP contribution in [-0.4, -0.2) is 35.0 Å². The quantitative estimate of drug-likeness (QED) is 0.610. The molecule has 5 nitrogen and oxygen atoms in total. The number of carbonyl (C=O) groups excluding carboxylic acids is 2. The minimum Gasteiger partial charge on any atom is -0.341 e. The van der Waals surface area contributed by atoms with Crippen LogP contribution in [0.15, 0.2) is 54.6 Å². The van der Waals surface area contributed by atoms with Crippen LogP contribution in [0.2, 0.25) is 0 Å². The van der Waals surface area contributed by atoms with Gasteiger partial charge in [-0.3, -0.25) is 14.8 Å². The zero-order valence-corrected chi connectivity index (χ0v) is 15.8. The average Bonchev–Trinajstić information content (AvgIpc) is 2.97. The van der Waals surface area contributed by atoms with Gasteiger partial charge in [-0.05, 0) is 37.8 Å². The maximum atomic E-state index is 13.1. The lowest BCUT2D eigenvalue weighted by Crippen LogP contribution is -2.42. The van der Waals surface area contributed by atoms with Crippen molar-refractivity contribution in [1.29, 1.82) is 0 Å². The fourth-order valence-corrected chi connectivity index (χ4v) is 3.78. The van der Waals surface area contributed by atoms with Gasteiger partial charge in [0.25, 0.3) is 0 Å². The van der Waals surface area contributed by atoms with E-state index in [0.717, 1.165) is 16.7 Å². The molecule has 5 heteroatoms. The number of rotatable bonds is 6. The molecule has 1 aliphatic rings. The fourth-order valence-electron chi connectivity index (χ4n) is 3.78. The van der Waals surface area contributed by atoms with E-state index < -0.39 is 17.2 Å². The summed E-state index contributed by atoms with van der Waals surface area (Å²) in [7, 11) is 0. The summed E-state index contributed by atoms with van der Waals surface area (Å²) in [6.45, 7) is 4.89. The molecule has 1 fully saturated rings. The highest BCUT2D eigenvalue weighted by Crippen LogP contribution is 2.36. The van der Waals surface area contributed by atoms with E-state index in [-0.39, 0.29) is 5.91 Å². The van der Waals surface area contributed by atoms with Crippen LogP contribution in [0.4, 0.5) is 0 Å². The van der Waals surface area contributed by atoms with Crippen LogP contribution in [0.3, 0.4) is 0 Å². The van der Waals surface area contributed by atoms with Gasteiger partial charge in [0.05, 0.1) is 11.3 Å². The third kappa shape index (κ3) is 4.03. The Labute approximate surface area is 160 Å². The van der Waals surface area contributed by atoms with Crippen LogP contribution in [0.1, 0.15) is 30.0 Å². The van der Waals surface area contributed by atoms with Crippen LogP contribution in [0, 0.1) is 12.8 Å².